The molecule has 1 heterocycles. The second kappa shape index (κ2) is 9.62. The molecule has 0 aliphatic carbocycles. The first kappa shape index (κ1) is 20.9. The number of amides is 1. The van der Waals surface area contributed by atoms with Crippen molar-refractivity contribution in [2.24, 2.45) is 0 Å². The zero-order valence-electron chi connectivity index (χ0n) is 15.9. The lowest BCUT2D eigenvalue weighted by atomic mass is 10.1. The molecule has 1 aromatic heterocycles. The lowest BCUT2D eigenvalue weighted by molar-refractivity contribution is -0.115. The van der Waals surface area contributed by atoms with Crippen molar-refractivity contribution < 1.29 is 17.9 Å². The Morgan fingerprint density at radius 1 is 1.07 bits per heavy atom. The highest BCUT2D eigenvalue weighted by Crippen LogP contribution is 2.24. The standard InChI is InChI=1S/C20H21N3O4S2/c1-27-17-10-6-5-9-16(17)13-19-22-23-20(28-19)21-18(24)11-12-29(25,26)14-15-7-3-2-4-8-15/h2-10H,11-14H2,1H3,(H,21,23,24). The molecule has 29 heavy (non-hydrogen) atoms. The zero-order chi connectivity index (χ0) is 20.7. The van der Waals surface area contributed by atoms with Crippen molar-refractivity contribution in [2.75, 3.05) is 18.2 Å². The molecule has 3 aromatic rings. The molecule has 0 bridgehead atoms. The molecular formula is C20H21N3O4S2. The fourth-order valence-corrected chi connectivity index (χ4v) is 4.84. The highest BCUT2D eigenvalue weighted by atomic mass is 32.2. The molecule has 2 aromatic carbocycles. The number of ether oxygens (including phenoxy) is 1. The first-order valence-corrected chi connectivity index (χ1v) is 11.6. The second-order valence-corrected chi connectivity index (χ2v) is 9.61. The molecular weight excluding hydrogens is 410 g/mol. The van der Waals surface area contributed by atoms with Gasteiger partial charge in [0.25, 0.3) is 0 Å². The quantitative estimate of drug-likeness (QED) is 0.559. The van der Waals surface area contributed by atoms with Crippen LogP contribution in [0.5, 0.6) is 5.75 Å². The molecule has 0 spiro atoms. The van der Waals surface area contributed by atoms with Gasteiger partial charge in [0.1, 0.15) is 10.8 Å². The summed E-state index contributed by atoms with van der Waals surface area (Å²) in [5.74, 6) is 0.0578. The van der Waals surface area contributed by atoms with E-state index in [9.17, 15) is 13.2 Å². The summed E-state index contributed by atoms with van der Waals surface area (Å²) in [6, 6.07) is 16.5. The normalized spacial score (nSPS) is 11.2. The van der Waals surface area contributed by atoms with E-state index in [2.05, 4.69) is 15.5 Å². The van der Waals surface area contributed by atoms with Gasteiger partial charge in [-0.2, -0.15) is 0 Å². The summed E-state index contributed by atoms with van der Waals surface area (Å²) in [5, 5.41) is 11.7. The lowest BCUT2D eigenvalue weighted by Crippen LogP contribution is -2.18. The minimum atomic E-state index is -3.37. The van der Waals surface area contributed by atoms with Crippen molar-refractivity contribution in [3.05, 3.63) is 70.7 Å². The van der Waals surface area contributed by atoms with E-state index in [4.69, 9.17) is 4.74 Å². The largest absolute Gasteiger partial charge is 0.496 e. The van der Waals surface area contributed by atoms with Crippen LogP contribution in [0.25, 0.3) is 0 Å². The Kier molecular flexibility index (Phi) is 6.95. The predicted octanol–water partition coefficient (Wildman–Crippen LogP) is 3.08. The van der Waals surface area contributed by atoms with Crippen molar-refractivity contribution in [2.45, 2.75) is 18.6 Å². The molecule has 0 saturated heterocycles. The van der Waals surface area contributed by atoms with Gasteiger partial charge >= 0.3 is 0 Å². The topological polar surface area (TPSA) is 98.2 Å². The molecule has 0 aliphatic rings. The van der Waals surface area contributed by atoms with E-state index in [0.29, 0.717) is 17.1 Å². The van der Waals surface area contributed by atoms with Gasteiger partial charge in [0.2, 0.25) is 11.0 Å². The first-order valence-electron chi connectivity index (χ1n) is 8.93. The Morgan fingerprint density at radius 3 is 2.55 bits per heavy atom. The van der Waals surface area contributed by atoms with Gasteiger partial charge in [-0.1, -0.05) is 59.9 Å². The van der Waals surface area contributed by atoms with Crippen LogP contribution in [0, 0.1) is 0 Å². The molecule has 0 radical (unpaired) electrons. The summed E-state index contributed by atoms with van der Waals surface area (Å²) in [7, 11) is -1.76. The molecule has 0 atom stereocenters. The second-order valence-electron chi connectivity index (χ2n) is 6.37. The van der Waals surface area contributed by atoms with Gasteiger partial charge in [-0.25, -0.2) is 8.42 Å². The van der Waals surface area contributed by atoms with Gasteiger partial charge < -0.3 is 10.1 Å². The Labute approximate surface area is 173 Å². The Morgan fingerprint density at radius 2 is 1.79 bits per heavy atom. The number of anilines is 1. The van der Waals surface area contributed by atoms with E-state index in [0.717, 1.165) is 16.3 Å². The maximum absolute atomic E-state index is 12.2. The fraction of sp³-hybridized carbons (Fsp3) is 0.250. The average molecular weight is 432 g/mol. The van der Waals surface area contributed by atoms with Crippen LogP contribution in [0.1, 0.15) is 22.6 Å². The van der Waals surface area contributed by atoms with Crippen LogP contribution in [0.2, 0.25) is 0 Å². The number of para-hydroxylation sites is 1. The number of hydrogen-bond donors (Lipinski definition) is 1. The molecule has 0 fully saturated rings. The highest BCUT2D eigenvalue weighted by Gasteiger charge is 2.16. The van der Waals surface area contributed by atoms with Crippen molar-refractivity contribution >= 4 is 32.2 Å². The number of hydrogen-bond acceptors (Lipinski definition) is 7. The van der Waals surface area contributed by atoms with Gasteiger partial charge in [-0.15, -0.1) is 10.2 Å². The molecule has 152 valence electrons. The summed E-state index contributed by atoms with van der Waals surface area (Å²) in [5.41, 5.74) is 1.68. The smallest absolute Gasteiger partial charge is 0.227 e. The third kappa shape index (κ3) is 6.37. The van der Waals surface area contributed by atoms with Gasteiger partial charge in [0.15, 0.2) is 9.84 Å². The summed E-state index contributed by atoms with van der Waals surface area (Å²) in [6.45, 7) is 0. The predicted molar refractivity (Wildman–Crippen MR) is 113 cm³/mol. The van der Waals surface area contributed by atoms with Gasteiger partial charge in [-0.3, -0.25) is 4.79 Å². The van der Waals surface area contributed by atoms with E-state index in [-0.39, 0.29) is 17.9 Å². The van der Waals surface area contributed by atoms with Gasteiger partial charge in [0, 0.05) is 18.4 Å². The van der Waals surface area contributed by atoms with Crippen LogP contribution in [0.3, 0.4) is 0 Å². The van der Waals surface area contributed by atoms with E-state index in [1.165, 1.54) is 11.3 Å². The molecule has 1 amide bonds. The van der Waals surface area contributed by atoms with Crippen molar-refractivity contribution in [1.29, 1.82) is 0 Å². The van der Waals surface area contributed by atoms with Gasteiger partial charge in [-0.05, 0) is 11.6 Å². The summed E-state index contributed by atoms with van der Waals surface area (Å²) < 4.78 is 29.7. The van der Waals surface area contributed by atoms with Crippen molar-refractivity contribution in [3.63, 3.8) is 0 Å². The van der Waals surface area contributed by atoms with Gasteiger partial charge in [0.05, 0.1) is 18.6 Å². The zero-order valence-corrected chi connectivity index (χ0v) is 17.5. The van der Waals surface area contributed by atoms with Crippen LogP contribution in [-0.4, -0.2) is 37.4 Å². The lowest BCUT2D eigenvalue weighted by Gasteiger charge is -2.05. The maximum atomic E-state index is 12.2. The minimum absolute atomic E-state index is 0.0804. The molecule has 0 unspecified atom stereocenters. The van der Waals surface area contributed by atoms with E-state index in [1.54, 1.807) is 31.4 Å². The van der Waals surface area contributed by atoms with E-state index < -0.39 is 15.7 Å². The molecule has 9 heteroatoms. The number of nitrogens with one attached hydrogen (secondary N) is 1. The third-order valence-electron chi connectivity index (χ3n) is 4.12. The fourth-order valence-electron chi connectivity index (χ4n) is 2.72. The Bertz CT molecular complexity index is 1070. The minimum Gasteiger partial charge on any atom is -0.496 e. The Balaban J connectivity index is 1.52. The number of nitrogens with zero attached hydrogens (tertiary/aromatic N) is 2. The van der Waals surface area contributed by atoms with Crippen LogP contribution in [-0.2, 0) is 26.8 Å². The van der Waals surface area contributed by atoms with Crippen molar-refractivity contribution in [3.8, 4) is 5.75 Å². The maximum Gasteiger partial charge on any atom is 0.227 e. The van der Waals surface area contributed by atoms with Crippen LogP contribution < -0.4 is 10.1 Å². The van der Waals surface area contributed by atoms with Crippen LogP contribution in [0.15, 0.2) is 54.6 Å². The molecule has 1 N–H and O–H groups in total. The highest BCUT2D eigenvalue weighted by molar-refractivity contribution is 7.90. The number of benzene rings is 2. The SMILES string of the molecule is COc1ccccc1Cc1nnc(NC(=O)CCS(=O)(=O)Cc2ccccc2)s1. The summed E-state index contributed by atoms with van der Waals surface area (Å²) >= 11 is 1.25. The van der Waals surface area contributed by atoms with E-state index >= 15 is 0 Å². The summed E-state index contributed by atoms with van der Waals surface area (Å²) in [4.78, 5) is 12.1. The molecule has 7 nitrogen and oxygen atoms in total. The first-order chi connectivity index (χ1) is 13.9. The Hall–Kier alpha value is -2.78. The molecule has 0 saturated carbocycles. The summed E-state index contributed by atoms with van der Waals surface area (Å²) in [6.07, 6.45) is 0.402. The van der Waals surface area contributed by atoms with Crippen LogP contribution in [0.4, 0.5) is 5.13 Å². The number of sulfone groups is 1. The third-order valence-corrected chi connectivity index (χ3v) is 6.55. The van der Waals surface area contributed by atoms with Crippen molar-refractivity contribution in [1.82, 2.24) is 10.2 Å². The number of carbonyl (C=O) groups excluding carboxylic acids is 1. The molecule has 3 rings (SSSR count). The monoisotopic (exact) mass is 431 g/mol. The number of methoxy groups -OCH3 is 1. The van der Waals surface area contributed by atoms with Crippen LogP contribution >= 0.6 is 11.3 Å². The average Bonchev–Trinajstić information content (AvgIpc) is 3.14. The van der Waals surface area contributed by atoms with E-state index in [1.807, 2.05) is 30.3 Å². The number of carbonyl (C=O) groups is 1. The molecule has 0 aliphatic heterocycles. The number of aromatic nitrogens is 2. The number of rotatable bonds is 9.